The van der Waals surface area contributed by atoms with Gasteiger partial charge in [-0.15, -0.1) is 0 Å². The number of carbonyl (C=O) groups is 1. The Bertz CT molecular complexity index is 484. The molecule has 2 heterocycles. The number of hydrogen-bond donors (Lipinski definition) is 3. The minimum atomic E-state index is -0.116. The monoisotopic (exact) mass is 263 g/mol. The van der Waals surface area contributed by atoms with Crippen LogP contribution in [0.2, 0.25) is 0 Å². The first-order valence-electron chi connectivity index (χ1n) is 6.67. The molecule has 2 rings (SSSR count). The molecular formula is C13H21N5O. The number of aromatic nitrogens is 2. The van der Waals surface area contributed by atoms with Gasteiger partial charge in [0.05, 0.1) is 0 Å². The Labute approximate surface area is 113 Å². The SMILES string of the molecule is CC(C)c1nc(NC[C@H](C)N)c2c(n1)C(=O)NCC2. The van der Waals surface area contributed by atoms with E-state index < -0.39 is 0 Å². The molecule has 0 aliphatic carbocycles. The molecule has 4 N–H and O–H groups in total. The smallest absolute Gasteiger partial charge is 0.270 e. The zero-order valence-corrected chi connectivity index (χ0v) is 11.7. The normalized spacial score (nSPS) is 15.9. The molecule has 0 bridgehead atoms. The van der Waals surface area contributed by atoms with E-state index in [9.17, 15) is 4.79 Å². The lowest BCUT2D eigenvalue weighted by molar-refractivity contribution is 0.0940. The van der Waals surface area contributed by atoms with Crippen molar-refractivity contribution in [2.24, 2.45) is 5.73 Å². The van der Waals surface area contributed by atoms with E-state index in [1.54, 1.807) is 0 Å². The molecule has 1 aromatic heterocycles. The van der Waals surface area contributed by atoms with Gasteiger partial charge in [-0.3, -0.25) is 4.79 Å². The van der Waals surface area contributed by atoms with Crippen molar-refractivity contribution in [2.45, 2.75) is 39.2 Å². The van der Waals surface area contributed by atoms with E-state index >= 15 is 0 Å². The summed E-state index contributed by atoms with van der Waals surface area (Å²) >= 11 is 0. The van der Waals surface area contributed by atoms with E-state index in [0.717, 1.165) is 17.8 Å². The highest BCUT2D eigenvalue weighted by atomic mass is 16.1. The Balaban J connectivity index is 2.41. The predicted octanol–water partition coefficient (Wildman–Crippen LogP) is 0.645. The average Bonchev–Trinajstić information content (AvgIpc) is 2.36. The van der Waals surface area contributed by atoms with Crippen LogP contribution in [0.4, 0.5) is 5.82 Å². The van der Waals surface area contributed by atoms with Gasteiger partial charge in [0.1, 0.15) is 17.3 Å². The maximum Gasteiger partial charge on any atom is 0.270 e. The van der Waals surface area contributed by atoms with Crippen molar-refractivity contribution in [1.82, 2.24) is 15.3 Å². The molecule has 0 radical (unpaired) electrons. The molecule has 0 unspecified atom stereocenters. The number of carbonyl (C=O) groups excluding carboxylic acids is 1. The van der Waals surface area contributed by atoms with Crippen LogP contribution in [-0.4, -0.2) is 35.0 Å². The number of nitrogens with zero attached hydrogens (tertiary/aromatic N) is 2. The Kier molecular flexibility index (Phi) is 3.99. The molecule has 1 aliphatic rings. The van der Waals surface area contributed by atoms with Gasteiger partial charge in [-0.05, 0) is 13.3 Å². The summed E-state index contributed by atoms with van der Waals surface area (Å²) in [6.45, 7) is 7.21. The van der Waals surface area contributed by atoms with Crippen molar-refractivity contribution in [3.05, 3.63) is 17.1 Å². The van der Waals surface area contributed by atoms with Gasteiger partial charge in [0.2, 0.25) is 0 Å². The Morgan fingerprint density at radius 3 is 2.74 bits per heavy atom. The predicted molar refractivity (Wildman–Crippen MR) is 74.3 cm³/mol. The van der Waals surface area contributed by atoms with Crippen LogP contribution in [0.15, 0.2) is 0 Å². The van der Waals surface area contributed by atoms with E-state index in [1.807, 2.05) is 20.8 Å². The standard InChI is InChI=1S/C13H21N5O/c1-7(2)11-17-10-9(4-5-15-13(10)19)12(18-11)16-6-8(3)14/h7-8H,4-6,14H2,1-3H3,(H,15,19)(H,16,17,18)/t8-/m0/s1. The molecule has 0 fully saturated rings. The van der Waals surface area contributed by atoms with Crippen LogP contribution in [0.5, 0.6) is 0 Å². The lowest BCUT2D eigenvalue weighted by atomic mass is 10.1. The highest BCUT2D eigenvalue weighted by Gasteiger charge is 2.24. The zero-order chi connectivity index (χ0) is 14.0. The van der Waals surface area contributed by atoms with E-state index in [0.29, 0.717) is 24.6 Å². The number of fused-ring (bicyclic) bond motifs is 1. The second-order valence-electron chi connectivity index (χ2n) is 5.28. The van der Waals surface area contributed by atoms with Gasteiger partial charge in [0, 0.05) is 30.6 Å². The molecule has 6 heteroatoms. The van der Waals surface area contributed by atoms with Crippen LogP contribution in [0.1, 0.15) is 48.6 Å². The molecule has 0 saturated carbocycles. The molecule has 1 aliphatic heterocycles. The van der Waals surface area contributed by atoms with Gasteiger partial charge in [0.15, 0.2) is 0 Å². The number of anilines is 1. The van der Waals surface area contributed by atoms with Gasteiger partial charge in [-0.25, -0.2) is 9.97 Å². The summed E-state index contributed by atoms with van der Waals surface area (Å²) in [5.74, 6) is 1.49. The van der Waals surface area contributed by atoms with E-state index in [1.165, 1.54) is 0 Å². The third kappa shape index (κ3) is 3.01. The van der Waals surface area contributed by atoms with Crippen molar-refractivity contribution in [3.8, 4) is 0 Å². The lowest BCUT2D eigenvalue weighted by Crippen LogP contribution is -2.35. The van der Waals surface area contributed by atoms with Crippen molar-refractivity contribution in [3.63, 3.8) is 0 Å². The summed E-state index contributed by atoms with van der Waals surface area (Å²) in [6, 6.07) is 0.0329. The quantitative estimate of drug-likeness (QED) is 0.741. The summed E-state index contributed by atoms with van der Waals surface area (Å²) in [5, 5.41) is 6.05. The Morgan fingerprint density at radius 2 is 2.11 bits per heavy atom. The van der Waals surface area contributed by atoms with Crippen molar-refractivity contribution in [2.75, 3.05) is 18.4 Å². The van der Waals surface area contributed by atoms with Crippen LogP contribution < -0.4 is 16.4 Å². The van der Waals surface area contributed by atoms with Gasteiger partial charge in [0.25, 0.3) is 5.91 Å². The highest BCUT2D eigenvalue weighted by molar-refractivity contribution is 5.96. The van der Waals surface area contributed by atoms with E-state index in [4.69, 9.17) is 5.73 Å². The zero-order valence-electron chi connectivity index (χ0n) is 11.7. The number of hydrogen-bond acceptors (Lipinski definition) is 5. The van der Waals surface area contributed by atoms with Gasteiger partial charge >= 0.3 is 0 Å². The minimum absolute atomic E-state index is 0.0329. The third-order valence-electron chi connectivity index (χ3n) is 3.01. The number of nitrogens with one attached hydrogen (secondary N) is 2. The largest absolute Gasteiger partial charge is 0.368 e. The van der Waals surface area contributed by atoms with Gasteiger partial charge in [-0.1, -0.05) is 13.8 Å². The van der Waals surface area contributed by atoms with Crippen LogP contribution in [0, 0.1) is 0 Å². The molecule has 1 amide bonds. The third-order valence-corrected chi connectivity index (χ3v) is 3.01. The minimum Gasteiger partial charge on any atom is -0.368 e. The first-order valence-corrected chi connectivity index (χ1v) is 6.67. The summed E-state index contributed by atoms with van der Waals surface area (Å²) in [7, 11) is 0. The summed E-state index contributed by atoms with van der Waals surface area (Å²) < 4.78 is 0. The second-order valence-corrected chi connectivity index (χ2v) is 5.28. The molecule has 6 nitrogen and oxygen atoms in total. The number of amides is 1. The summed E-state index contributed by atoms with van der Waals surface area (Å²) in [4.78, 5) is 20.8. The summed E-state index contributed by atoms with van der Waals surface area (Å²) in [6.07, 6.45) is 0.751. The molecule has 19 heavy (non-hydrogen) atoms. The van der Waals surface area contributed by atoms with Crippen LogP contribution in [0.25, 0.3) is 0 Å². The second kappa shape index (κ2) is 5.52. The molecule has 0 spiro atoms. The average molecular weight is 263 g/mol. The molecule has 0 aromatic carbocycles. The van der Waals surface area contributed by atoms with E-state index in [-0.39, 0.29) is 17.9 Å². The molecular weight excluding hydrogens is 242 g/mol. The van der Waals surface area contributed by atoms with Crippen molar-refractivity contribution < 1.29 is 4.79 Å². The fourth-order valence-electron chi connectivity index (χ4n) is 1.97. The molecule has 0 saturated heterocycles. The highest BCUT2D eigenvalue weighted by Crippen LogP contribution is 2.22. The fraction of sp³-hybridized carbons (Fsp3) is 0.615. The molecule has 1 aromatic rings. The first kappa shape index (κ1) is 13.7. The van der Waals surface area contributed by atoms with Gasteiger partial charge < -0.3 is 16.4 Å². The van der Waals surface area contributed by atoms with Gasteiger partial charge in [-0.2, -0.15) is 0 Å². The summed E-state index contributed by atoms with van der Waals surface area (Å²) in [5.41, 5.74) is 7.15. The topological polar surface area (TPSA) is 92.9 Å². The number of nitrogens with two attached hydrogens (primary N) is 1. The van der Waals surface area contributed by atoms with Crippen molar-refractivity contribution >= 4 is 11.7 Å². The van der Waals surface area contributed by atoms with Crippen LogP contribution in [0.3, 0.4) is 0 Å². The Morgan fingerprint density at radius 1 is 1.37 bits per heavy atom. The maximum absolute atomic E-state index is 11.9. The van der Waals surface area contributed by atoms with Crippen molar-refractivity contribution in [1.29, 1.82) is 0 Å². The van der Waals surface area contributed by atoms with Crippen LogP contribution >= 0.6 is 0 Å². The van der Waals surface area contributed by atoms with Crippen LogP contribution in [-0.2, 0) is 6.42 Å². The first-order chi connectivity index (χ1) is 8.99. The lowest BCUT2D eigenvalue weighted by Gasteiger charge is -2.21. The molecule has 1 atom stereocenters. The molecule has 104 valence electrons. The number of rotatable bonds is 4. The fourth-order valence-corrected chi connectivity index (χ4v) is 1.97. The van der Waals surface area contributed by atoms with E-state index in [2.05, 4.69) is 20.6 Å². The maximum atomic E-state index is 11.9. The Hall–Kier alpha value is -1.69.